The van der Waals surface area contributed by atoms with E-state index in [0.29, 0.717) is 13.0 Å². The van der Waals surface area contributed by atoms with Crippen LogP contribution in [0.5, 0.6) is 0 Å². The summed E-state index contributed by atoms with van der Waals surface area (Å²) in [6.07, 6.45) is 3.52. The van der Waals surface area contributed by atoms with Gasteiger partial charge in [0.25, 0.3) is 0 Å². The molecule has 0 bridgehead atoms. The summed E-state index contributed by atoms with van der Waals surface area (Å²) in [6.45, 7) is 8.56. The van der Waals surface area contributed by atoms with Crippen molar-refractivity contribution in [3.8, 4) is 0 Å². The second-order valence-electron chi connectivity index (χ2n) is 7.79. The number of benzene rings is 1. The molecule has 0 aliphatic carbocycles. The third-order valence-electron chi connectivity index (χ3n) is 5.32. The standard InChI is InChI=1S/C21H33FN4O/c1-5-18(26-13-7-10-19(26)27)11-12-24-20(23-4)25-15-21(2,3)16-8-6-9-17(22)14-16/h6,8-9,14,18H,5,7,10-13,15H2,1-4H3,(H2,23,24,25). The topological polar surface area (TPSA) is 56.7 Å². The van der Waals surface area contributed by atoms with E-state index in [2.05, 4.69) is 36.4 Å². The number of hydrogen-bond acceptors (Lipinski definition) is 2. The number of nitrogens with zero attached hydrogens (tertiary/aromatic N) is 2. The summed E-state index contributed by atoms with van der Waals surface area (Å²) < 4.78 is 13.5. The molecule has 6 heteroatoms. The summed E-state index contributed by atoms with van der Waals surface area (Å²) >= 11 is 0. The molecule has 1 atom stereocenters. The Labute approximate surface area is 162 Å². The Morgan fingerprint density at radius 1 is 1.37 bits per heavy atom. The van der Waals surface area contributed by atoms with Gasteiger partial charge in [-0.2, -0.15) is 0 Å². The van der Waals surface area contributed by atoms with Crippen LogP contribution in [0.4, 0.5) is 4.39 Å². The smallest absolute Gasteiger partial charge is 0.222 e. The molecule has 1 aliphatic rings. The van der Waals surface area contributed by atoms with Crippen LogP contribution in [0, 0.1) is 5.82 Å². The molecule has 5 nitrogen and oxygen atoms in total. The van der Waals surface area contributed by atoms with Gasteiger partial charge in [0.1, 0.15) is 5.82 Å². The van der Waals surface area contributed by atoms with Crippen molar-refractivity contribution in [3.63, 3.8) is 0 Å². The van der Waals surface area contributed by atoms with Gasteiger partial charge in [0.15, 0.2) is 5.96 Å². The van der Waals surface area contributed by atoms with Crippen LogP contribution in [0.25, 0.3) is 0 Å². The van der Waals surface area contributed by atoms with Crippen LogP contribution in [0.15, 0.2) is 29.3 Å². The van der Waals surface area contributed by atoms with Gasteiger partial charge in [-0.25, -0.2) is 4.39 Å². The predicted octanol–water partition coefficient (Wildman–Crippen LogP) is 3.06. The number of guanidine groups is 1. The maximum atomic E-state index is 13.5. The Bertz CT molecular complexity index is 659. The highest BCUT2D eigenvalue weighted by Crippen LogP contribution is 2.22. The van der Waals surface area contributed by atoms with Gasteiger partial charge in [-0.05, 0) is 37.0 Å². The molecule has 1 saturated heterocycles. The van der Waals surface area contributed by atoms with Gasteiger partial charge < -0.3 is 15.5 Å². The Kier molecular flexibility index (Phi) is 7.63. The molecule has 150 valence electrons. The fourth-order valence-electron chi connectivity index (χ4n) is 3.53. The molecule has 2 N–H and O–H groups in total. The van der Waals surface area contributed by atoms with Crippen molar-refractivity contribution < 1.29 is 9.18 Å². The molecule has 0 aromatic heterocycles. The number of likely N-dealkylation sites (tertiary alicyclic amines) is 1. The van der Waals surface area contributed by atoms with E-state index in [0.717, 1.165) is 43.9 Å². The van der Waals surface area contributed by atoms with Gasteiger partial charge in [0, 0.05) is 44.6 Å². The third kappa shape index (κ3) is 5.94. The number of aliphatic imine (C=N–C) groups is 1. The lowest BCUT2D eigenvalue weighted by Crippen LogP contribution is -2.45. The molecule has 1 heterocycles. The molecule has 1 amide bonds. The Morgan fingerprint density at radius 2 is 2.15 bits per heavy atom. The van der Waals surface area contributed by atoms with Gasteiger partial charge in [-0.1, -0.05) is 32.9 Å². The summed E-state index contributed by atoms with van der Waals surface area (Å²) in [5.41, 5.74) is 0.720. The highest BCUT2D eigenvalue weighted by atomic mass is 19.1. The molecule has 0 saturated carbocycles. The average molecular weight is 377 g/mol. The minimum atomic E-state index is -0.229. The van der Waals surface area contributed by atoms with Gasteiger partial charge >= 0.3 is 0 Å². The van der Waals surface area contributed by atoms with Crippen LogP contribution in [-0.4, -0.2) is 49.5 Å². The molecule has 27 heavy (non-hydrogen) atoms. The zero-order valence-electron chi connectivity index (χ0n) is 17.0. The van der Waals surface area contributed by atoms with E-state index in [-0.39, 0.29) is 23.2 Å². The minimum absolute atomic E-state index is 0.217. The molecule has 0 radical (unpaired) electrons. The summed E-state index contributed by atoms with van der Waals surface area (Å²) in [7, 11) is 1.74. The second-order valence-corrected chi connectivity index (χ2v) is 7.79. The van der Waals surface area contributed by atoms with E-state index in [1.54, 1.807) is 19.2 Å². The molecule has 1 unspecified atom stereocenters. The van der Waals surface area contributed by atoms with Crippen LogP contribution in [0.2, 0.25) is 0 Å². The van der Waals surface area contributed by atoms with Crippen LogP contribution in [-0.2, 0) is 10.2 Å². The van der Waals surface area contributed by atoms with E-state index in [1.165, 1.54) is 6.07 Å². The Morgan fingerprint density at radius 3 is 2.74 bits per heavy atom. The average Bonchev–Trinajstić information content (AvgIpc) is 3.07. The number of rotatable bonds is 8. The van der Waals surface area contributed by atoms with Crippen molar-refractivity contribution in [2.45, 2.75) is 57.9 Å². The number of carbonyl (C=O) groups is 1. The number of carbonyl (C=O) groups excluding carboxylic acids is 1. The van der Waals surface area contributed by atoms with Gasteiger partial charge in [-0.3, -0.25) is 9.79 Å². The lowest BCUT2D eigenvalue weighted by molar-refractivity contribution is -0.129. The van der Waals surface area contributed by atoms with E-state index >= 15 is 0 Å². The fourth-order valence-corrected chi connectivity index (χ4v) is 3.53. The monoisotopic (exact) mass is 376 g/mol. The SMILES string of the molecule is CCC(CCNC(=NC)NCC(C)(C)c1cccc(F)c1)N1CCCC1=O. The maximum absolute atomic E-state index is 13.5. The predicted molar refractivity (Wildman–Crippen MR) is 108 cm³/mol. The normalized spacial score (nSPS) is 16.6. The summed E-state index contributed by atoms with van der Waals surface area (Å²) in [6, 6.07) is 7.01. The fraction of sp³-hybridized carbons (Fsp3) is 0.619. The van der Waals surface area contributed by atoms with Crippen molar-refractivity contribution >= 4 is 11.9 Å². The highest BCUT2D eigenvalue weighted by Gasteiger charge is 2.26. The number of hydrogen-bond donors (Lipinski definition) is 2. The minimum Gasteiger partial charge on any atom is -0.356 e. The van der Waals surface area contributed by atoms with E-state index < -0.39 is 0 Å². The second kappa shape index (κ2) is 9.72. The molecular formula is C21H33FN4O. The van der Waals surface area contributed by atoms with Crippen molar-refractivity contribution in [2.24, 2.45) is 4.99 Å². The molecule has 1 aliphatic heterocycles. The van der Waals surface area contributed by atoms with Gasteiger partial charge in [0.2, 0.25) is 5.91 Å². The van der Waals surface area contributed by atoms with Crippen molar-refractivity contribution in [3.05, 3.63) is 35.6 Å². The van der Waals surface area contributed by atoms with E-state index in [4.69, 9.17) is 0 Å². The van der Waals surface area contributed by atoms with Crippen molar-refractivity contribution in [2.75, 3.05) is 26.7 Å². The molecule has 1 fully saturated rings. The zero-order chi connectivity index (χ0) is 19.9. The third-order valence-corrected chi connectivity index (χ3v) is 5.32. The molecule has 2 rings (SSSR count). The Balaban J connectivity index is 1.82. The van der Waals surface area contributed by atoms with E-state index in [1.807, 2.05) is 11.0 Å². The first-order valence-corrected chi connectivity index (χ1v) is 9.87. The number of amides is 1. The summed E-state index contributed by atoms with van der Waals surface area (Å²) in [5, 5.41) is 6.67. The van der Waals surface area contributed by atoms with Crippen molar-refractivity contribution in [1.82, 2.24) is 15.5 Å². The highest BCUT2D eigenvalue weighted by molar-refractivity contribution is 5.80. The number of halogens is 1. The Hall–Kier alpha value is -2.11. The summed E-state index contributed by atoms with van der Waals surface area (Å²) in [5.74, 6) is 0.786. The molecule has 1 aromatic rings. The van der Waals surface area contributed by atoms with Gasteiger partial charge in [-0.15, -0.1) is 0 Å². The summed E-state index contributed by atoms with van der Waals surface area (Å²) in [4.78, 5) is 18.2. The van der Waals surface area contributed by atoms with E-state index in [9.17, 15) is 9.18 Å². The first kappa shape index (κ1) is 21.2. The lowest BCUT2D eigenvalue weighted by Gasteiger charge is -2.28. The zero-order valence-corrected chi connectivity index (χ0v) is 17.0. The van der Waals surface area contributed by atoms with Gasteiger partial charge in [0.05, 0.1) is 0 Å². The van der Waals surface area contributed by atoms with Crippen LogP contribution < -0.4 is 10.6 Å². The molecular weight excluding hydrogens is 343 g/mol. The van der Waals surface area contributed by atoms with Crippen molar-refractivity contribution in [1.29, 1.82) is 0 Å². The lowest BCUT2D eigenvalue weighted by atomic mass is 9.84. The van der Waals surface area contributed by atoms with Crippen LogP contribution in [0.1, 0.15) is 52.0 Å². The molecule has 1 aromatic carbocycles. The van der Waals surface area contributed by atoms with Crippen LogP contribution >= 0.6 is 0 Å². The quantitative estimate of drug-likeness (QED) is 0.542. The van der Waals surface area contributed by atoms with Crippen LogP contribution in [0.3, 0.4) is 0 Å². The first-order valence-electron chi connectivity index (χ1n) is 9.87. The number of nitrogens with one attached hydrogen (secondary N) is 2. The first-order chi connectivity index (χ1) is 12.9. The maximum Gasteiger partial charge on any atom is 0.222 e. The largest absolute Gasteiger partial charge is 0.356 e. The molecule has 0 spiro atoms.